The lowest BCUT2D eigenvalue weighted by atomic mass is 9.72. The van der Waals surface area contributed by atoms with Crippen LogP contribution in [0.5, 0.6) is 0 Å². The molecule has 4 heteroatoms. The monoisotopic (exact) mass is 870 g/mol. The topological polar surface area (TPSA) is 19.7 Å². The van der Waals surface area contributed by atoms with Crippen LogP contribution in [0.2, 0.25) is 0 Å². The summed E-state index contributed by atoms with van der Waals surface area (Å²) < 4.78 is 9.92. The first-order valence-electron chi connectivity index (χ1n) is 24.2. The summed E-state index contributed by atoms with van der Waals surface area (Å²) in [6, 6.07) is 72.8. The second-order valence-electron chi connectivity index (χ2n) is 19.3. The highest BCUT2D eigenvalue weighted by Gasteiger charge is 2.32. The summed E-state index contributed by atoms with van der Waals surface area (Å²) in [4.78, 5) is 0. The van der Waals surface area contributed by atoms with Crippen LogP contribution in [0.1, 0.15) is 54.5 Å². The van der Waals surface area contributed by atoms with Gasteiger partial charge in [0.25, 0.3) is 0 Å². The highest BCUT2D eigenvalue weighted by Crippen LogP contribution is 2.52. The number of hydrogen-bond acceptors (Lipinski definition) is 0. The van der Waals surface area contributed by atoms with Crippen molar-refractivity contribution in [3.8, 4) is 33.9 Å². The zero-order valence-electron chi connectivity index (χ0n) is 38.0. The predicted molar refractivity (Wildman–Crippen MR) is 286 cm³/mol. The van der Waals surface area contributed by atoms with Crippen LogP contribution in [0.25, 0.3) is 116 Å². The van der Waals surface area contributed by atoms with E-state index in [1.807, 2.05) is 0 Å². The van der Waals surface area contributed by atoms with Gasteiger partial charge in [-0.15, -0.1) is 0 Å². The Morgan fingerprint density at radius 3 is 1.28 bits per heavy atom. The Morgan fingerprint density at radius 2 is 0.750 bits per heavy atom. The van der Waals surface area contributed by atoms with Gasteiger partial charge >= 0.3 is 0 Å². The average molecular weight is 871 g/mol. The lowest BCUT2D eigenvalue weighted by molar-refractivity contribution is 0.617. The number of rotatable bonds is 4. The van der Waals surface area contributed by atoms with Crippen molar-refractivity contribution in [2.45, 2.75) is 38.5 Å². The Morgan fingerprint density at radius 1 is 0.338 bits per heavy atom. The van der Waals surface area contributed by atoms with Gasteiger partial charge in [-0.25, -0.2) is 0 Å². The standard InChI is InChI=1S/C64H46N4/c1-39-40(2)50-36-56-54-34-44(68-59-27-15-11-23-47(59)48-24-12-16-28-60(48)68)30-32-62(54)66(42-19-7-4-8-20-42)64(56)38-52(50)51-37-63-55(35-49(39)51)53-33-43(29-31-61(53)65(63)41-17-5-3-6-18-41)67-57-25-13-9-21-45(57)46-22-10-14-26-58(46)67/h3-11,13-23,25-40H,12,24H2,1-2H3. The smallest absolute Gasteiger partial charge is 0.0547 e. The van der Waals surface area contributed by atoms with Gasteiger partial charge in [0.2, 0.25) is 0 Å². The Labute approximate surface area is 393 Å². The minimum absolute atomic E-state index is 0.303. The maximum atomic E-state index is 2.55. The minimum atomic E-state index is 0.303. The minimum Gasteiger partial charge on any atom is -0.310 e. The normalized spacial score (nSPS) is 15.6. The molecule has 2 unspecified atom stereocenters. The summed E-state index contributed by atoms with van der Waals surface area (Å²) in [5.74, 6) is 0.608. The van der Waals surface area contributed by atoms with Gasteiger partial charge in [-0.3, -0.25) is 0 Å². The lowest BCUT2D eigenvalue weighted by Crippen LogP contribution is -2.13. The van der Waals surface area contributed by atoms with Gasteiger partial charge in [0, 0.05) is 66.1 Å². The summed E-state index contributed by atoms with van der Waals surface area (Å²) in [5.41, 5.74) is 21.5. The van der Waals surface area contributed by atoms with Crippen LogP contribution in [-0.2, 0) is 6.42 Å². The highest BCUT2D eigenvalue weighted by molar-refractivity contribution is 6.15. The van der Waals surface area contributed by atoms with E-state index in [0.717, 1.165) is 18.5 Å². The molecule has 15 rings (SSSR count). The van der Waals surface area contributed by atoms with Crippen LogP contribution in [0.3, 0.4) is 0 Å². The van der Waals surface area contributed by atoms with E-state index < -0.39 is 0 Å². The van der Waals surface area contributed by atoms with Crippen molar-refractivity contribution in [3.05, 3.63) is 223 Å². The number of aryl methyl sites for hydroxylation is 1. The van der Waals surface area contributed by atoms with Crippen LogP contribution in [-0.4, -0.2) is 18.3 Å². The summed E-state index contributed by atoms with van der Waals surface area (Å²) in [5, 5.41) is 9.03. The average Bonchev–Trinajstić information content (AvgIpc) is 4.12. The molecule has 2 aliphatic rings. The van der Waals surface area contributed by atoms with Crippen LogP contribution in [0.4, 0.5) is 0 Å². The van der Waals surface area contributed by atoms with Crippen molar-refractivity contribution >= 4 is 82.4 Å². The third-order valence-electron chi connectivity index (χ3n) is 15.8. The lowest BCUT2D eigenvalue weighted by Gasteiger charge is -2.32. The molecule has 0 N–H and O–H groups in total. The number of fused-ring (bicyclic) bond motifs is 15. The molecule has 4 nitrogen and oxygen atoms in total. The molecule has 9 aromatic carbocycles. The molecule has 0 amide bonds. The largest absolute Gasteiger partial charge is 0.310 e. The fraction of sp³-hybridized carbons (Fsp3) is 0.0938. The summed E-state index contributed by atoms with van der Waals surface area (Å²) in [6.45, 7) is 4.89. The highest BCUT2D eigenvalue weighted by atomic mass is 15.0. The number of nitrogens with zero attached hydrogens (tertiary/aromatic N) is 4. The van der Waals surface area contributed by atoms with E-state index in [0.29, 0.717) is 11.8 Å². The molecule has 0 bridgehead atoms. The molecule has 4 aromatic heterocycles. The van der Waals surface area contributed by atoms with Crippen molar-refractivity contribution in [2.75, 3.05) is 0 Å². The fourth-order valence-corrected chi connectivity index (χ4v) is 12.6. The molecule has 68 heavy (non-hydrogen) atoms. The van der Waals surface area contributed by atoms with E-state index in [2.05, 4.69) is 238 Å². The van der Waals surface area contributed by atoms with E-state index in [4.69, 9.17) is 0 Å². The number of aromatic nitrogens is 4. The van der Waals surface area contributed by atoms with Gasteiger partial charge in [0.15, 0.2) is 0 Å². The molecule has 0 fully saturated rings. The molecule has 322 valence electrons. The van der Waals surface area contributed by atoms with Crippen LogP contribution in [0.15, 0.2) is 200 Å². The summed E-state index contributed by atoms with van der Waals surface area (Å²) in [7, 11) is 0. The van der Waals surface area contributed by atoms with Gasteiger partial charge in [0.1, 0.15) is 0 Å². The SMILES string of the molecule is CC1c2cc3c4cc(-n5c6c(c7ccccc75)CCC=C6)ccc4n(-c4ccccc4)c3cc2-c2cc3c(cc2C1C)c1cc(-n2c4ccccc4c4ccccc42)ccc1n3-c1ccccc1. The first-order valence-corrected chi connectivity index (χ1v) is 24.2. The van der Waals surface area contributed by atoms with E-state index in [1.54, 1.807) is 0 Å². The van der Waals surface area contributed by atoms with E-state index >= 15 is 0 Å². The van der Waals surface area contributed by atoms with Crippen molar-refractivity contribution in [2.24, 2.45) is 0 Å². The van der Waals surface area contributed by atoms with E-state index in [1.165, 1.54) is 127 Å². The third-order valence-corrected chi connectivity index (χ3v) is 15.8. The molecular weight excluding hydrogens is 825 g/mol. The fourth-order valence-electron chi connectivity index (χ4n) is 12.6. The molecule has 0 saturated heterocycles. The molecule has 2 atom stereocenters. The van der Waals surface area contributed by atoms with E-state index in [9.17, 15) is 0 Å². The molecule has 0 aliphatic heterocycles. The zero-order valence-corrected chi connectivity index (χ0v) is 38.0. The maximum absolute atomic E-state index is 2.55. The Kier molecular flexibility index (Phi) is 7.84. The van der Waals surface area contributed by atoms with Gasteiger partial charge in [0.05, 0.1) is 38.6 Å². The Balaban J connectivity index is 0.990. The van der Waals surface area contributed by atoms with Crippen molar-refractivity contribution in [1.82, 2.24) is 18.3 Å². The van der Waals surface area contributed by atoms with Gasteiger partial charge in [-0.1, -0.05) is 111 Å². The predicted octanol–water partition coefficient (Wildman–Crippen LogP) is 16.8. The summed E-state index contributed by atoms with van der Waals surface area (Å²) in [6.07, 6.45) is 6.83. The number of para-hydroxylation sites is 5. The molecule has 0 spiro atoms. The van der Waals surface area contributed by atoms with Crippen LogP contribution in [0, 0.1) is 0 Å². The first kappa shape index (κ1) is 37.8. The molecule has 2 aliphatic carbocycles. The first-order chi connectivity index (χ1) is 33.6. The molecule has 13 aromatic rings. The second-order valence-corrected chi connectivity index (χ2v) is 19.3. The third kappa shape index (κ3) is 5.15. The van der Waals surface area contributed by atoms with Gasteiger partial charge < -0.3 is 18.3 Å². The van der Waals surface area contributed by atoms with Crippen molar-refractivity contribution < 1.29 is 0 Å². The Bertz CT molecular complexity index is 4230. The maximum Gasteiger partial charge on any atom is 0.0547 e. The molecular formula is C64H46N4. The number of benzene rings is 9. The van der Waals surface area contributed by atoms with Crippen molar-refractivity contribution in [3.63, 3.8) is 0 Å². The molecule has 4 heterocycles. The van der Waals surface area contributed by atoms with Crippen LogP contribution >= 0.6 is 0 Å². The van der Waals surface area contributed by atoms with Crippen LogP contribution < -0.4 is 0 Å². The second kappa shape index (κ2) is 14.1. The molecule has 0 saturated carbocycles. The molecule has 0 radical (unpaired) electrons. The van der Waals surface area contributed by atoms with Crippen molar-refractivity contribution in [1.29, 1.82) is 0 Å². The Hall–Kier alpha value is -8.34. The van der Waals surface area contributed by atoms with E-state index in [-0.39, 0.29) is 0 Å². The van der Waals surface area contributed by atoms with Gasteiger partial charge in [-0.2, -0.15) is 0 Å². The number of hydrogen-bond donors (Lipinski definition) is 0. The van der Waals surface area contributed by atoms with Gasteiger partial charge in [-0.05, 0) is 162 Å². The summed E-state index contributed by atoms with van der Waals surface area (Å²) >= 11 is 0. The quantitative estimate of drug-likeness (QED) is 0.168. The number of allylic oxidation sites excluding steroid dienone is 1. The zero-order chi connectivity index (χ0) is 44.8.